The smallest absolute Gasteiger partial charge is 0.257 e. The summed E-state index contributed by atoms with van der Waals surface area (Å²) in [4.78, 5) is 25.3. The number of nitrogens with one attached hydrogen (secondary N) is 3. The van der Waals surface area contributed by atoms with E-state index < -0.39 is 0 Å². The number of benzene rings is 2. The van der Waals surface area contributed by atoms with Gasteiger partial charge in [0.15, 0.2) is 5.11 Å². The highest BCUT2D eigenvalue weighted by Gasteiger charge is 2.19. The largest absolute Gasteiger partial charge is 0.494 e. The first-order valence-electron chi connectivity index (χ1n) is 11.8. The zero-order valence-electron chi connectivity index (χ0n) is 19.7. The van der Waals surface area contributed by atoms with Gasteiger partial charge in [-0.15, -0.1) is 0 Å². The average molecular weight is 502 g/mol. The summed E-state index contributed by atoms with van der Waals surface area (Å²) in [7, 11) is 0. The number of anilines is 1. The van der Waals surface area contributed by atoms with Crippen molar-refractivity contribution in [1.82, 2.24) is 10.6 Å². The van der Waals surface area contributed by atoms with Crippen LogP contribution in [-0.4, -0.2) is 29.6 Å². The first-order chi connectivity index (χ1) is 16.3. The van der Waals surface area contributed by atoms with E-state index in [2.05, 4.69) is 29.8 Å². The Morgan fingerprint density at radius 2 is 1.76 bits per heavy atom. The van der Waals surface area contributed by atoms with Crippen LogP contribution in [0.4, 0.5) is 5.69 Å². The van der Waals surface area contributed by atoms with Crippen molar-refractivity contribution < 1.29 is 14.3 Å². The molecule has 0 atom stereocenters. The average Bonchev–Trinajstić information content (AvgIpc) is 2.81. The van der Waals surface area contributed by atoms with E-state index in [1.807, 2.05) is 0 Å². The Kier molecular flexibility index (Phi) is 9.72. The number of hydrogen-bond donors (Lipinski definition) is 3. The summed E-state index contributed by atoms with van der Waals surface area (Å²) in [6.07, 6.45) is 6.41. The Hall–Kier alpha value is -2.64. The molecule has 34 heavy (non-hydrogen) atoms. The molecule has 1 saturated carbocycles. The van der Waals surface area contributed by atoms with Crippen molar-refractivity contribution in [1.29, 1.82) is 0 Å². The number of thiocarbonyl (C=S) groups is 1. The van der Waals surface area contributed by atoms with Gasteiger partial charge in [0.2, 0.25) is 0 Å². The van der Waals surface area contributed by atoms with Crippen LogP contribution in [0, 0.1) is 5.92 Å². The number of carbonyl (C=O) groups excluding carboxylic acids is 2. The number of ether oxygens (including phenoxy) is 1. The number of amides is 2. The van der Waals surface area contributed by atoms with Crippen LogP contribution in [0.25, 0.3) is 0 Å². The highest BCUT2D eigenvalue weighted by atomic mass is 35.5. The van der Waals surface area contributed by atoms with Gasteiger partial charge in [-0.05, 0) is 79.9 Å². The van der Waals surface area contributed by atoms with Gasteiger partial charge >= 0.3 is 0 Å². The SMILES string of the molecule is CC(C)CCOc1ccc(C(=O)NC(=S)Nc2ccc(Cl)c(C(=O)NC3CCCCC3)c2)cc1. The fraction of sp³-hybridized carbons (Fsp3) is 0.423. The van der Waals surface area contributed by atoms with Crippen LogP contribution in [0.1, 0.15) is 73.1 Å². The highest BCUT2D eigenvalue weighted by molar-refractivity contribution is 7.80. The normalized spacial score (nSPS) is 13.9. The summed E-state index contributed by atoms with van der Waals surface area (Å²) >= 11 is 11.6. The fourth-order valence-corrected chi connectivity index (χ4v) is 4.15. The number of hydrogen-bond acceptors (Lipinski definition) is 4. The van der Waals surface area contributed by atoms with E-state index in [1.54, 1.807) is 42.5 Å². The maximum atomic E-state index is 12.7. The molecular weight excluding hydrogens is 470 g/mol. The van der Waals surface area contributed by atoms with E-state index in [1.165, 1.54) is 6.42 Å². The van der Waals surface area contributed by atoms with E-state index in [4.69, 9.17) is 28.6 Å². The van der Waals surface area contributed by atoms with Gasteiger partial charge in [0.25, 0.3) is 11.8 Å². The molecule has 0 unspecified atom stereocenters. The maximum Gasteiger partial charge on any atom is 0.257 e. The van der Waals surface area contributed by atoms with E-state index in [9.17, 15) is 9.59 Å². The standard InChI is InChI=1S/C26H32ClN3O3S/c1-17(2)14-15-33-21-11-8-18(9-12-21)24(31)30-26(34)29-20-10-13-23(27)22(16-20)25(32)28-19-6-4-3-5-7-19/h8-13,16-17,19H,3-7,14-15H2,1-2H3,(H,28,32)(H2,29,30,31,34). The minimum Gasteiger partial charge on any atom is -0.494 e. The van der Waals surface area contributed by atoms with Crippen LogP contribution in [-0.2, 0) is 0 Å². The van der Waals surface area contributed by atoms with E-state index in [0.717, 1.165) is 37.9 Å². The third-order valence-corrected chi connectivity index (χ3v) is 6.25. The monoisotopic (exact) mass is 501 g/mol. The van der Waals surface area contributed by atoms with Crippen molar-refractivity contribution in [2.75, 3.05) is 11.9 Å². The van der Waals surface area contributed by atoms with Gasteiger partial charge in [-0.2, -0.15) is 0 Å². The summed E-state index contributed by atoms with van der Waals surface area (Å²) < 4.78 is 5.69. The van der Waals surface area contributed by atoms with E-state index in [-0.39, 0.29) is 23.0 Å². The van der Waals surface area contributed by atoms with Crippen molar-refractivity contribution in [2.45, 2.75) is 58.4 Å². The number of rotatable bonds is 8. The summed E-state index contributed by atoms with van der Waals surface area (Å²) in [6.45, 7) is 4.93. The van der Waals surface area contributed by atoms with Crippen molar-refractivity contribution in [3.8, 4) is 5.75 Å². The summed E-state index contributed by atoms with van der Waals surface area (Å²) in [5.41, 5.74) is 1.40. The first kappa shape index (κ1) is 26.0. The molecule has 0 aliphatic heterocycles. The molecule has 3 rings (SSSR count). The second-order valence-corrected chi connectivity index (χ2v) is 9.78. The van der Waals surface area contributed by atoms with Crippen molar-refractivity contribution in [2.24, 2.45) is 5.92 Å². The van der Waals surface area contributed by atoms with Gasteiger partial charge in [0.05, 0.1) is 17.2 Å². The second-order valence-electron chi connectivity index (χ2n) is 8.97. The molecule has 1 aliphatic carbocycles. The Morgan fingerprint density at radius 1 is 1.06 bits per heavy atom. The zero-order chi connectivity index (χ0) is 24.5. The lowest BCUT2D eigenvalue weighted by atomic mass is 9.95. The predicted octanol–water partition coefficient (Wildman–Crippen LogP) is 5.95. The van der Waals surface area contributed by atoms with Gasteiger partial charge in [-0.25, -0.2) is 0 Å². The van der Waals surface area contributed by atoms with Gasteiger partial charge in [0, 0.05) is 17.3 Å². The predicted molar refractivity (Wildman–Crippen MR) is 141 cm³/mol. The molecule has 1 aliphatic rings. The molecule has 3 N–H and O–H groups in total. The van der Waals surface area contributed by atoms with Crippen LogP contribution < -0.4 is 20.7 Å². The molecule has 2 aromatic rings. The van der Waals surface area contributed by atoms with Gasteiger partial charge in [-0.3, -0.25) is 14.9 Å². The van der Waals surface area contributed by atoms with Crippen LogP contribution in [0.3, 0.4) is 0 Å². The molecule has 182 valence electrons. The first-order valence-corrected chi connectivity index (χ1v) is 12.6. The quantitative estimate of drug-likeness (QED) is 0.389. The maximum absolute atomic E-state index is 12.7. The topological polar surface area (TPSA) is 79.5 Å². The molecule has 0 saturated heterocycles. The third kappa shape index (κ3) is 7.99. The van der Waals surface area contributed by atoms with Crippen LogP contribution >= 0.6 is 23.8 Å². The minimum absolute atomic E-state index is 0.128. The van der Waals surface area contributed by atoms with E-state index >= 15 is 0 Å². The lowest BCUT2D eigenvalue weighted by Gasteiger charge is -2.23. The van der Waals surface area contributed by atoms with Gasteiger partial charge < -0.3 is 15.4 Å². The zero-order valence-corrected chi connectivity index (χ0v) is 21.2. The van der Waals surface area contributed by atoms with Gasteiger partial charge in [-0.1, -0.05) is 44.7 Å². The Balaban J connectivity index is 1.54. The second kappa shape index (κ2) is 12.7. The lowest BCUT2D eigenvalue weighted by molar-refractivity contribution is 0.0926. The van der Waals surface area contributed by atoms with Crippen LogP contribution in [0.5, 0.6) is 5.75 Å². The Morgan fingerprint density at radius 3 is 2.44 bits per heavy atom. The summed E-state index contributed by atoms with van der Waals surface area (Å²) in [5, 5.41) is 9.18. The molecule has 6 nitrogen and oxygen atoms in total. The van der Waals surface area contributed by atoms with Crippen molar-refractivity contribution in [3.05, 3.63) is 58.6 Å². The number of carbonyl (C=O) groups is 2. The van der Waals surface area contributed by atoms with Crippen molar-refractivity contribution >= 4 is 46.4 Å². The number of halogens is 1. The van der Waals surface area contributed by atoms with Crippen LogP contribution in [0.15, 0.2) is 42.5 Å². The molecule has 8 heteroatoms. The van der Waals surface area contributed by atoms with Crippen LogP contribution in [0.2, 0.25) is 5.02 Å². The molecule has 0 bridgehead atoms. The fourth-order valence-electron chi connectivity index (χ4n) is 3.74. The highest BCUT2D eigenvalue weighted by Crippen LogP contribution is 2.23. The molecule has 0 radical (unpaired) electrons. The minimum atomic E-state index is -0.338. The summed E-state index contributed by atoms with van der Waals surface area (Å²) in [5.74, 6) is 0.751. The molecule has 0 spiro atoms. The Labute approximate surface area is 211 Å². The summed E-state index contributed by atoms with van der Waals surface area (Å²) in [6, 6.07) is 12.1. The third-order valence-electron chi connectivity index (χ3n) is 5.72. The molecule has 2 aromatic carbocycles. The molecular formula is C26H32ClN3O3S. The molecule has 2 amide bonds. The molecule has 0 aromatic heterocycles. The van der Waals surface area contributed by atoms with Crippen molar-refractivity contribution in [3.63, 3.8) is 0 Å². The lowest BCUT2D eigenvalue weighted by Crippen LogP contribution is -2.36. The molecule has 1 fully saturated rings. The van der Waals surface area contributed by atoms with Gasteiger partial charge in [0.1, 0.15) is 5.75 Å². The Bertz CT molecular complexity index is 1000. The van der Waals surface area contributed by atoms with E-state index in [0.29, 0.717) is 34.4 Å². The molecule has 0 heterocycles.